The molecule has 4 N–H and O–H groups in total. The zero-order chi connectivity index (χ0) is 34.1. The summed E-state index contributed by atoms with van der Waals surface area (Å²) in [6.45, 7) is 0.919. The number of carbonyl (C=O) groups excluding carboxylic acids is 2. The standard InChI is InChI=1S/C29H30F8N6O4/c1-27(12-46-13-27)25(45)38-10-14-2-7-18(29(35,36)37)19(8-14)40-26-41-20-9-17(24(42-22(20)43-26)47-11-21(30)31)23(44)39-16-5-3-15(4-6-16)28(32,33)34/h2,7-9,15-16,21H,3-6,10-13H2,1H3,(H,38,45)(H,39,44)(H2,40,41,42,43). The highest BCUT2D eigenvalue weighted by atomic mass is 19.4. The van der Waals surface area contributed by atoms with Gasteiger partial charge in [0.1, 0.15) is 5.56 Å². The molecule has 3 aromatic rings. The molecule has 1 saturated carbocycles. The summed E-state index contributed by atoms with van der Waals surface area (Å²) in [4.78, 5) is 36.4. The number of rotatable bonds is 10. The Morgan fingerprint density at radius 1 is 1.06 bits per heavy atom. The van der Waals surface area contributed by atoms with Gasteiger partial charge >= 0.3 is 12.4 Å². The van der Waals surface area contributed by atoms with E-state index in [4.69, 9.17) is 9.47 Å². The van der Waals surface area contributed by atoms with Gasteiger partial charge in [0, 0.05) is 12.6 Å². The van der Waals surface area contributed by atoms with E-state index in [0.717, 1.165) is 12.1 Å². The summed E-state index contributed by atoms with van der Waals surface area (Å²) in [5.74, 6) is -3.45. The molecule has 0 bridgehead atoms. The molecule has 2 amide bonds. The lowest BCUT2D eigenvalue weighted by atomic mass is 9.85. The second-order valence-corrected chi connectivity index (χ2v) is 11.8. The molecule has 0 atom stereocenters. The SMILES string of the molecule is CC1(C(=O)NCc2ccc(C(F)(F)F)c(Nc3nc4nc(OCC(F)F)c(C(=O)NC5CCC(C(F)(F)F)CC5)cc4[nH]3)c2)COC1. The van der Waals surface area contributed by atoms with Gasteiger partial charge in [-0.3, -0.25) is 9.59 Å². The zero-order valence-corrected chi connectivity index (χ0v) is 24.7. The van der Waals surface area contributed by atoms with Crippen molar-refractivity contribution in [2.45, 2.75) is 64.0 Å². The summed E-state index contributed by atoms with van der Waals surface area (Å²) in [5, 5.41) is 7.80. The first-order chi connectivity index (χ1) is 22.0. The Bertz CT molecular complexity index is 1610. The minimum absolute atomic E-state index is 0.0239. The monoisotopic (exact) mass is 678 g/mol. The number of alkyl halides is 8. The summed E-state index contributed by atoms with van der Waals surface area (Å²) in [7, 11) is 0. The molecular weight excluding hydrogens is 648 g/mol. The maximum atomic E-state index is 13.9. The third-order valence-electron chi connectivity index (χ3n) is 8.04. The number of aromatic nitrogens is 3. The molecule has 0 radical (unpaired) electrons. The van der Waals surface area contributed by atoms with Gasteiger partial charge in [-0.15, -0.1) is 0 Å². The van der Waals surface area contributed by atoms with E-state index in [1.165, 1.54) is 12.1 Å². The first-order valence-electron chi connectivity index (χ1n) is 14.5. The minimum atomic E-state index is -4.79. The van der Waals surface area contributed by atoms with Crippen molar-refractivity contribution in [3.8, 4) is 5.88 Å². The van der Waals surface area contributed by atoms with E-state index >= 15 is 0 Å². The van der Waals surface area contributed by atoms with Gasteiger partial charge in [-0.1, -0.05) is 6.07 Å². The van der Waals surface area contributed by atoms with Crippen LogP contribution in [-0.4, -0.2) is 65.2 Å². The molecular formula is C29H30F8N6O4. The number of H-pyrrole nitrogens is 1. The molecule has 10 nitrogen and oxygen atoms in total. The Labute approximate surface area is 262 Å². The molecule has 3 heterocycles. The van der Waals surface area contributed by atoms with Crippen LogP contribution in [-0.2, 0) is 22.3 Å². The third-order valence-corrected chi connectivity index (χ3v) is 8.04. The number of pyridine rings is 1. The van der Waals surface area contributed by atoms with E-state index < -0.39 is 65.8 Å². The molecule has 0 unspecified atom stereocenters. The number of anilines is 2. The summed E-state index contributed by atoms with van der Waals surface area (Å²) in [6.07, 6.45) is -12.4. The lowest BCUT2D eigenvalue weighted by Gasteiger charge is -2.36. The van der Waals surface area contributed by atoms with Gasteiger partial charge in [0.25, 0.3) is 12.3 Å². The first-order valence-corrected chi connectivity index (χ1v) is 14.5. The number of halogens is 8. The number of imidazole rings is 1. The molecule has 1 saturated heterocycles. The van der Waals surface area contributed by atoms with E-state index in [1.54, 1.807) is 6.92 Å². The normalized spacial score (nSPS) is 19.7. The molecule has 2 aliphatic rings. The third kappa shape index (κ3) is 8.02. The summed E-state index contributed by atoms with van der Waals surface area (Å²) >= 11 is 0. The van der Waals surface area contributed by atoms with Crippen molar-refractivity contribution >= 4 is 34.6 Å². The highest BCUT2D eigenvalue weighted by Gasteiger charge is 2.42. The number of carbonyl (C=O) groups is 2. The Balaban J connectivity index is 1.38. The summed E-state index contributed by atoms with van der Waals surface area (Å²) < 4.78 is 117. The molecule has 1 aliphatic carbocycles. The van der Waals surface area contributed by atoms with Gasteiger partial charge in [-0.2, -0.15) is 36.3 Å². The number of amides is 2. The van der Waals surface area contributed by atoms with Crippen LogP contribution in [0.1, 0.15) is 54.1 Å². The molecule has 1 aliphatic heterocycles. The van der Waals surface area contributed by atoms with Gasteiger partial charge in [0.2, 0.25) is 17.7 Å². The van der Waals surface area contributed by atoms with E-state index in [0.29, 0.717) is 5.56 Å². The number of hydrogen-bond donors (Lipinski definition) is 4. The number of ether oxygens (including phenoxy) is 2. The lowest BCUT2D eigenvalue weighted by molar-refractivity contribution is -0.182. The highest BCUT2D eigenvalue weighted by molar-refractivity contribution is 5.99. The van der Waals surface area contributed by atoms with Crippen LogP contribution < -0.4 is 20.7 Å². The molecule has 2 aromatic heterocycles. The largest absolute Gasteiger partial charge is 0.471 e. The van der Waals surface area contributed by atoms with Crippen LogP contribution in [0, 0.1) is 11.3 Å². The number of fused-ring (bicyclic) bond motifs is 1. The number of aromatic amines is 1. The van der Waals surface area contributed by atoms with Crippen molar-refractivity contribution in [3.63, 3.8) is 0 Å². The minimum Gasteiger partial charge on any atom is -0.471 e. The van der Waals surface area contributed by atoms with Crippen LogP contribution >= 0.6 is 0 Å². The van der Waals surface area contributed by atoms with Crippen LogP contribution in [0.3, 0.4) is 0 Å². The van der Waals surface area contributed by atoms with E-state index in [1.807, 2.05) is 0 Å². The molecule has 18 heteroatoms. The maximum absolute atomic E-state index is 13.9. The van der Waals surface area contributed by atoms with Crippen LogP contribution in [0.25, 0.3) is 11.2 Å². The van der Waals surface area contributed by atoms with Crippen molar-refractivity contribution < 1.29 is 54.2 Å². The lowest BCUT2D eigenvalue weighted by Crippen LogP contribution is -2.51. The number of nitrogens with zero attached hydrogens (tertiary/aromatic N) is 2. The van der Waals surface area contributed by atoms with E-state index in [2.05, 4.69) is 30.9 Å². The van der Waals surface area contributed by atoms with Crippen molar-refractivity contribution in [1.29, 1.82) is 0 Å². The first kappa shape index (κ1) is 34.1. The topological polar surface area (TPSA) is 130 Å². The van der Waals surface area contributed by atoms with Crippen LogP contribution in [0.5, 0.6) is 5.88 Å². The summed E-state index contributed by atoms with van der Waals surface area (Å²) in [5.41, 5.74) is -2.37. The Morgan fingerprint density at radius 2 is 1.77 bits per heavy atom. The number of nitrogens with one attached hydrogen (secondary N) is 4. The van der Waals surface area contributed by atoms with Gasteiger partial charge in [-0.05, 0) is 56.4 Å². The second kappa shape index (κ2) is 13.1. The van der Waals surface area contributed by atoms with E-state index in [-0.39, 0.29) is 74.0 Å². The second-order valence-electron chi connectivity index (χ2n) is 11.8. The quantitative estimate of drug-likeness (QED) is 0.198. The molecule has 47 heavy (non-hydrogen) atoms. The predicted octanol–water partition coefficient (Wildman–Crippen LogP) is 5.87. The zero-order valence-electron chi connectivity index (χ0n) is 24.7. The van der Waals surface area contributed by atoms with Gasteiger partial charge in [0.15, 0.2) is 12.3 Å². The van der Waals surface area contributed by atoms with Crippen LogP contribution in [0.4, 0.5) is 46.8 Å². The fourth-order valence-electron chi connectivity index (χ4n) is 5.34. The van der Waals surface area contributed by atoms with Crippen LogP contribution in [0.15, 0.2) is 24.3 Å². The van der Waals surface area contributed by atoms with Gasteiger partial charge < -0.3 is 30.4 Å². The molecule has 2 fully saturated rings. The number of benzene rings is 1. The smallest absolute Gasteiger partial charge is 0.418 e. The molecule has 1 aromatic carbocycles. The predicted molar refractivity (Wildman–Crippen MR) is 150 cm³/mol. The Kier molecular flexibility index (Phi) is 9.52. The Morgan fingerprint density at radius 3 is 2.36 bits per heavy atom. The average molecular weight is 679 g/mol. The van der Waals surface area contributed by atoms with Crippen LogP contribution in [0.2, 0.25) is 0 Å². The van der Waals surface area contributed by atoms with E-state index in [9.17, 15) is 44.7 Å². The van der Waals surface area contributed by atoms with Gasteiger partial charge in [-0.25, -0.2) is 8.78 Å². The molecule has 0 spiro atoms. The van der Waals surface area contributed by atoms with Crippen molar-refractivity contribution in [1.82, 2.24) is 25.6 Å². The number of hydrogen-bond acceptors (Lipinski definition) is 7. The maximum Gasteiger partial charge on any atom is 0.418 e. The van der Waals surface area contributed by atoms with Crippen molar-refractivity contribution in [2.24, 2.45) is 11.3 Å². The summed E-state index contributed by atoms with van der Waals surface area (Å²) in [6, 6.07) is 3.74. The van der Waals surface area contributed by atoms with Crippen molar-refractivity contribution in [2.75, 3.05) is 25.1 Å². The van der Waals surface area contributed by atoms with Gasteiger partial charge in [0.05, 0.1) is 41.3 Å². The fraction of sp³-hybridized carbons (Fsp3) is 0.517. The fourth-order valence-corrected chi connectivity index (χ4v) is 5.34. The molecule has 256 valence electrons. The van der Waals surface area contributed by atoms with Crippen molar-refractivity contribution in [3.05, 3.63) is 41.0 Å². The highest BCUT2D eigenvalue weighted by Crippen LogP contribution is 2.39. The Hall–Kier alpha value is -4.22. The average Bonchev–Trinajstić information content (AvgIpc) is 3.37. The molecule has 5 rings (SSSR count).